The molecule has 0 atom stereocenters. The molecule has 0 amide bonds. The molecule has 6 heteroatoms. The molecule has 0 saturated carbocycles. The van der Waals surface area contributed by atoms with Gasteiger partial charge in [-0.3, -0.25) is 0 Å². The van der Waals surface area contributed by atoms with Gasteiger partial charge in [-0.2, -0.15) is 9.97 Å². The number of rotatable bonds is 12. The van der Waals surface area contributed by atoms with E-state index in [0.717, 1.165) is 55.3 Å². The number of nitrogens with one attached hydrogen (secondary N) is 2. The molecule has 2 aromatic rings. The third-order valence-corrected chi connectivity index (χ3v) is 4.51. The lowest BCUT2D eigenvalue weighted by atomic mass is 10.2. The number of hydrogen-bond donors (Lipinski definition) is 2. The van der Waals surface area contributed by atoms with Gasteiger partial charge in [-0.25, -0.2) is 0 Å². The van der Waals surface area contributed by atoms with E-state index in [1.54, 1.807) is 7.11 Å². The summed E-state index contributed by atoms with van der Waals surface area (Å²) < 4.78 is 5.36. The molecule has 0 aliphatic heterocycles. The molecule has 1 heterocycles. The number of hydrogen-bond acceptors (Lipinski definition) is 6. The average molecular weight is 410 g/mol. The number of ether oxygens (including phenoxy) is 1. The number of aromatic nitrogens is 2. The molecular formula is C24H35N5O. The van der Waals surface area contributed by atoms with Crippen LogP contribution in [0.15, 0.2) is 54.3 Å². The fraction of sp³-hybridized carbons (Fsp3) is 0.417. The van der Waals surface area contributed by atoms with Gasteiger partial charge < -0.3 is 20.3 Å². The van der Waals surface area contributed by atoms with Crippen molar-refractivity contribution in [2.75, 3.05) is 43.3 Å². The van der Waals surface area contributed by atoms with Gasteiger partial charge in [0.2, 0.25) is 5.95 Å². The number of nitrogens with zero attached hydrogens (tertiary/aromatic N) is 3. The van der Waals surface area contributed by atoms with Crippen molar-refractivity contribution < 1.29 is 4.74 Å². The first-order chi connectivity index (χ1) is 14.5. The molecule has 0 spiro atoms. The van der Waals surface area contributed by atoms with Gasteiger partial charge in [0.25, 0.3) is 0 Å². The molecule has 0 fully saturated rings. The van der Waals surface area contributed by atoms with Crippen LogP contribution < -0.4 is 15.5 Å². The number of aryl methyl sites for hydroxylation is 1. The van der Waals surface area contributed by atoms with Crippen LogP contribution >= 0.6 is 0 Å². The summed E-state index contributed by atoms with van der Waals surface area (Å²) in [5.41, 5.74) is 2.24. The van der Waals surface area contributed by atoms with Gasteiger partial charge in [0.05, 0.1) is 7.11 Å². The van der Waals surface area contributed by atoms with E-state index in [1.807, 2.05) is 31.1 Å². The van der Waals surface area contributed by atoms with Crippen LogP contribution in [-0.4, -0.2) is 37.7 Å². The quantitative estimate of drug-likeness (QED) is 0.267. The number of allylic oxidation sites excluding steroid dienone is 3. The fourth-order valence-corrected chi connectivity index (χ4v) is 2.76. The zero-order valence-electron chi connectivity index (χ0n) is 18.9. The van der Waals surface area contributed by atoms with Crippen LogP contribution in [0.2, 0.25) is 0 Å². The number of benzene rings is 1. The standard InChI is InChI=1S/C24H35N5O/c1-6-7-11-21(30-5)12-9-8-10-17-25-24-27-22(18-23(28-24)29(3)4)26-20-15-13-19(2)14-16-20/h7,11-16,18H,6,8-10,17H2,1-5H3,(H2,25,26,27,28)/b11-7-,21-12+. The molecule has 30 heavy (non-hydrogen) atoms. The van der Waals surface area contributed by atoms with Crippen molar-refractivity contribution in [2.45, 2.75) is 39.5 Å². The predicted octanol–water partition coefficient (Wildman–Crippen LogP) is 5.67. The summed E-state index contributed by atoms with van der Waals surface area (Å²) in [5.74, 6) is 3.20. The van der Waals surface area contributed by atoms with E-state index in [9.17, 15) is 0 Å². The first kappa shape index (κ1) is 23.3. The zero-order valence-corrected chi connectivity index (χ0v) is 18.9. The molecular weight excluding hydrogens is 374 g/mol. The van der Waals surface area contributed by atoms with Crippen molar-refractivity contribution in [2.24, 2.45) is 0 Å². The molecule has 0 unspecified atom stereocenters. The van der Waals surface area contributed by atoms with Crippen molar-refractivity contribution in [3.8, 4) is 0 Å². The van der Waals surface area contributed by atoms with E-state index in [4.69, 9.17) is 4.74 Å². The zero-order chi connectivity index (χ0) is 21.8. The van der Waals surface area contributed by atoms with E-state index in [1.165, 1.54) is 5.56 Å². The summed E-state index contributed by atoms with van der Waals surface area (Å²) in [7, 11) is 5.67. The summed E-state index contributed by atoms with van der Waals surface area (Å²) in [5, 5.41) is 6.72. The minimum atomic E-state index is 0.634. The largest absolute Gasteiger partial charge is 0.497 e. The molecule has 0 bridgehead atoms. The molecule has 0 aliphatic carbocycles. The van der Waals surface area contributed by atoms with Crippen LogP contribution in [0.25, 0.3) is 0 Å². The van der Waals surface area contributed by atoms with Gasteiger partial charge in [0, 0.05) is 32.4 Å². The molecule has 1 aromatic heterocycles. The third-order valence-electron chi connectivity index (χ3n) is 4.51. The van der Waals surface area contributed by atoms with Gasteiger partial charge in [0.15, 0.2) is 0 Å². The normalized spacial score (nSPS) is 11.6. The van der Waals surface area contributed by atoms with Gasteiger partial charge in [-0.15, -0.1) is 0 Å². The van der Waals surface area contributed by atoms with Crippen molar-refractivity contribution in [3.63, 3.8) is 0 Å². The maximum atomic E-state index is 5.36. The highest BCUT2D eigenvalue weighted by Gasteiger charge is 2.07. The van der Waals surface area contributed by atoms with E-state index < -0.39 is 0 Å². The highest BCUT2D eigenvalue weighted by Crippen LogP contribution is 2.21. The van der Waals surface area contributed by atoms with Crippen LogP contribution in [0, 0.1) is 6.92 Å². The Morgan fingerprint density at radius 3 is 2.57 bits per heavy atom. The van der Waals surface area contributed by atoms with Crippen LogP contribution in [0.5, 0.6) is 0 Å². The Kier molecular flexibility index (Phi) is 9.71. The Hall–Kier alpha value is -3.02. The summed E-state index contributed by atoms with van der Waals surface area (Å²) in [6.45, 7) is 5.01. The van der Waals surface area contributed by atoms with Crippen LogP contribution in [0.4, 0.5) is 23.3 Å². The van der Waals surface area contributed by atoms with Crippen LogP contribution in [0.3, 0.4) is 0 Å². The molecule has 162 valence electrons. The van der Waals surface area contributed by atoms with Crippen molar-refractivity contribution in [1.29, 1.82) is 0 Å². The highest BCUT2D eigenvalue weighted by molar-refractivity contribution is 5.61. The lowest BCUT2D eigenvalue weighted by Crippen LogP contribution is -2.14. The average Bonchev–Trinajstić information content (AvgIpc) is 2.74. The maximum Gasteiger partial charge on any atom is 0.226 e. The second kappa shape index (κ2) is 12.5. The molecule has 6 nitrogen and oxygen atoms in total. The van der Waals surface area contributed by atoms with Crippen molar-refractivity contribution >= 4 is 23.3 Å². The Morgan fingerprint density at radius 1 is 1.13 bits per heavy atom. The number of methoxy groups -OCH3 is 1. The van der Waals surface area contributed by atoms with Gasteiger partial charge in [-0.1, -0.05) is 30.7 Å². The number of anilines is 4. The molecule has 0 radical (unpaired) electrons. The lowest BCUT2D eigenvalue weighted by molar-refractivity contribution is 0.304. The monoisotopic (exact) mass is 409 g/mol. The minimum Gasteiger partial charge on any atom is -0.497 e. The van der Waals surface area contributed by atoms with Crippen molar-refractivity contribution in [1.82, 2.24) is 9.97 Å². The summed E-state index contributed by atoms with van der Waals surface area (Å²) in [4.78, 5) is 11.2. The van der Waals surface area contributed by atoms with Gasteiger partial charge >= 0.3 is 0 Å². The SMILES string of the molecule is CC/C=C\C(=C/CCCCNc1nc(Nc2ccc(C)cc2)cc(N(C)C)n1)OC. The fourth-order valence-electron chi connectivity index (χ4n) is 2.76. The van der Waals surface area contributed by atoms with Crippen LogP contribution in [-0.2, 0) is 4.74 Å². The second-order valence-electron chi connectivity index (χ2n) is 7.36. The Labute approximate surface area is 181 Å². The maximum absolute atomic E-state index is 5.36. The van der Waals surface area contributed by atoms with Crippen molar-refractivity contribution in [3.05, 3.63) is 59.9 Å². The Morgan fingerprint density at radius 2 is 1.90 bits per heavy atom. The highest BCUT2D eigenvalue weighted by atomic mass is 16.5. The molecule has 0 saturated heterocycles. The topological polar surface area (TPSA) is 62.3 Å². The van der Waals surface area contributed by atoms with Gasteiger partial charge in [-0.05, 0) is 56.9 Å². The van der Waals surface area contributed by atoms with E-state index in [2.05, 4.69) is 70.9 Å². The smallest absolute Gasteiger partial charge is 0.226 e. The lowest BCUT2D eigenvalue weighted by Gasteiger charge is -2.15. The first-order valence-corrected chi connectivity index (χ1v) is 10.6. The van der Waals surface area contributed by atoms with Crippen LogP contribution in [0.1, 0.15) is 38.2 Å². The summed E-state index contributed by atoms with van der Waals surface area (Å²) in [6, 6.07) is 10.2. The van der Waals surface area contributed by atoms with E-state index in [-0.39, 0.29) is 0 Å². The van der Waals surface area contributed by atoms with E-state index in [0.29, 0.717) is 5.95 Å². The summed E-state index contributed by atoms with van der Waals surface area (Å²) in [6.07, 6.45) is 10.4. The molecule has 2 N–H and O–H groups in total. The number of unbranched alkanes of at least 4 members (excludes halogenated alkanes) is 2. The molecule has 1 aromatic carbocycles. The third kappa shape index (κ3) is 8.15. The first-order valence-electron chi connectivity index (χ1n) is 10.6. The predicted molar refractivity (Wildman–Crippen MR) is 128 cm³/mol. The minimum absolute atomic E-state index is 0.634. The van der Waals surface area contributed by atoms with E-state index >= 15 is 0 Å². The summed E-state index contributed by atoms with van der Waals surface area (Å²) >= 11 is 0. The van der Waals surface area contributed by atoms with Gasteiger partial charge in [0.1, 0.15) is 17.4 Å². The molecule has 2 rings (SSSR count). The Balaban J connectivity index is 1.91. The Bertz CT molecular complexity index is 828. The molecule has 0 aliphatic rings. The second-order valence-corrected chi connectivity index (χ2v) is 7.36.